The number of carbonyl (C=O) groups excluding carboxylic acids is 1. The molecule has 0 fully saturated rings. The van der Waals surface area contributed by atoms with Crippen molar-refractivity contribution in [3.05, 3.63) is 64.2 Å². The summed E-state index contributed by atoms with van der Waals surface area (Å²) >= 11 is 0. The molecule has 0 aromatic heterocycles. The first-order valence-electron chi connectivity index (χ1n) is 11.1. The number of amides is 1. The first-order chi connectivity index (χ1) is 14.6. The van der Waals surface area contributed by atoms with Gasteiger partial charge in [0.2, 0.25) is 15.9 Å². The fourth-order valence-corrected chi connectivity index (χ4v) is 5.54. The molecule has 0 radical (unpaired) electrons. The average Bonchev–Trinajstić information content (AvgIpc) is 2.72. The molecule has 0 spiro atoms. The molecule has 0 saturated heterocycles. The number of nitrogens with one attached hydrogen (secondary N) is 1. The van der Waals surface area contributed by atoms with Gasteiger partial charge < -0.3 is 5.32 Å². The van der Waals surface area contributed by atoms with Crippen LogP contribution in [0.4, 0.5) is 5.69 Å². The van der Waals surface area contributed by atoms with Gasteiger partial charge in [-0.05, 0) is 92.8 Å². The van der Waals surface area contributed by atoms with Crippen molar-refractivity contribution >= 4 is 21.6 Å². The van der Waals surface area contributed by atoms with E-state index in [1.807, 2.05) is 39.8 Å². The van der Waals surface area contributed by atoms with Gasteiger partial charge in [0.25, 0.3) is 0 Å². The molecular formula is C25H34N2O3S. The Labute approximate surface area is 186 Å². The first kappa shape index (κ1) is 23.3. The molecule has 5 nitrogen and oxygen atoms in total. The van der Waals surface area contributed by atoms with Crippen molar-refractivity contribution in [3.63, 3.8) is 0 Å². The second kappa shape index (κ2) is 9.43. The largest absolute Gasteiger partial charge is 0.348 e. The second-order valence-corrected chi connectivity index (χ2v) is 10.6. The molecule has 0 heterocycles. The highest BCUT2D eigenvalue weighted by molar-refractivity contribution is 7.92. The lowest BCUT2D eigenvalue weighted by atomic mass is 9.89. The number of carbonyl (C=O) groups is 1. The van der Waals surface area contributed by atoms with Crippen LogP contribution in [0.5, 0.6) is 0 Å². The molecule has 2 atom stereocenters. The third-order valence-corrected chi connectivity index (χ3v) is 7.49. The van der Waals surface area contributed by atoms with Crippen molar-refractivity contribution in [2.75, 3.05) is 10.6 Å². The van der Waals surface area contributed by atoms with Gasteiger partial charge >= 0.3 is 0 Å². The maximum atomic E-state index is 13.2. The van der Waals surface area contributed by atoms with Crippen LogP contribution in [0.3, 0.4) is 0 Å². The zero-order valence-corrected chi connectivity index (χ0v) is 20.1. The number of nitrogens with zero attached hydrogens (tertiary/aromatic N) is 1. The average molecular weight is 443 g/mol. The molecular weight excluding hydrogens is 408 g/mol. The summed E-state index contributed by atoms with van der Waals surface area (Å²) in [4.78, 5) is 13.2. The number of hydrogen-bond acceptors (Lipinski definition) is 3. The van der Waals surface area contributed by atoms with Crippen LogP contribution in [0.25, 0.3) is 0 Å². The summed E-state index contributed by atoms with van der Waals surface area (Å²) < 4.78 is 26.6. The van der Waals surface area contributed by atoms with E-state index < -0.39 is 16.1 Å². The maximum absolute atomic E-state index is 13.2. The van der Waals surface area contributed by atoms with Crippen molar-refractivity contribution in [2.24, 2.45) is 0 Å². The Kier molecular flexibility index (Phi) is 7.10. The molecule has 1 aliphatic carbocycles. The highest BCUT2D eigenvalue weighted by atomic mass is 32.2. The van der Waals surface area contributed by atoms with E-state index in [2.05, 4.69) is 23.5 Å². The quantitative estimate of drug-likeness (QED) is 0.681. The van der Waals surface area contributed by atoms with Crippen LogP contribution < -0.4 is 9.62 Å². The molecule has 1 aliphatic rings. The van der Waals surface area contributed by atoms with Gasteiger partial charge in [-0.25, -0.2) is 8.42 Å². The molecule has 0 saturated carbocycles. The van der Waals surface area contributed by atoms with E-state index in [9.17, 15) is 13.2 Å². The number of rotatable bonds is 7. The molecule has 3 rings (SSSR count). The summed E-state index contributed by atoms with van der Waals surface area (Å²) in [5, 5.41) is 3.06. The van der Waals surface area contributed by atoms with Gasteiger partial charge in [0.1, 0.15) is 6.04 Å². The summed E-state index contributed by atoms with van der Waals surface area (Å²) in [6, 6.07) is 10.9. The van der Waals surface area contributed by atoms with Crippen molar-refractivity contribution in [1.82, 2.24) is 5.32 Å². The lowest BCUT2D eigenvalue weighted by Crippen LogP contribution is -2.49. The van der Waals surface area contributed by atoms with Crippen LogP contribution >= 0.6 is 0 Å². The summed E-state index contributed by atoms with van der Waals surface area (Å²) in [5.41, 5.74) is 6.41. The van der Waals surface area contributed by atoms with Gasteiger partial charge in [-0.15, -0.1) is 0 Å². The van der Waals surface area contributed by atoms with E-state index in [0.717, 1.165) is 35.8 Å². The number of anilines is 1. The van der Waals surface area contributed by atoms with Crippen LogP contribution in [0.2, 0.25) is 0 Å². The van der Waals surface area contributed by atoms with Crippen LogP contribution in [0.1, 0.15) is 67.0 Å². The van der Waals surface area contributed by atoms with Crippen molar-refractivity contribution in [2.45, 2.75) is 71.9 Å². The topological polar surface area (TPSA) is 66.5 Å². The summed E-state index contributed by atoms with van der Waals surface area (Å²) in [7, 11) is -3.64. The van der Waals surface area contributed by atoms with E-state index >= 15 is 0 Å². The predicted molar refractivity (Wildman–Crippen MR) is 127 cm³/mol. The Bertz CT molecular complexity index is 1060. The molecule has 6 heteroatoms. The van der Waals surface area contributed by atoms with E-state index in [4.69, 9.17) is 0 Å². The first-order valence-corrected chi connectivity index (χ1v) is 13.0. The molecule has 31 heavy (non-hydrogen) atoms. The summed E-state index contributed by atoms with van der Waals surface area (Å²) in [5.74, 6) is -0.281. The van der Waals surface area contributed by atoms with Crippen LogP contribution in [0, 0.1) is 13.8 Å². The van der Waals surface area contributed by atoms with Gasteiger partial charge in [-0.1, -0.05) is 31.2 Å². The van der Waals surface area contributed by atoms with E-state index in [1.165, 1.54) is 28.3 Å². The Morgan fingerprint density at radius 1 is 1.03 bits per heavy atom. The van der Waals surface area contributed by atoms with E-state index in [0.29, 0.717) is 12.1 Å². The van der Waals surface area contributed by atoms with Gasteiger partial charge in [0, 0.05) is 0 Å². The molecule has 2 aromatic carbocycles. The van der Waals surface area contributed by atoms with Crippen LogP contribution in [-0.4, -0.2) is 26.6 Å². The minimum Gasteiger partial charge on any atom is -0.348 e. The minimum absolute atomic E-state index is 0.199. The van der Waals surface area contributed by atoms with E-state index in [-0.39, 0.29) is 11.9 Å². The molecule has 0 unspecified atom stereocenters. The van der Waals surface area contributed by atoms with Crippen molar-refractivity contribution in [1.29, 1.82) is 0 Å². The number of fused-ring (bicyclic) bond motifs is 1. The Hall–Kier alpha value is -2.34. The fourth-order valence-electron chi connectivity index (χ4n) is 4.34. The third-order valence-electron chi connectivity index (χ3n) is 6.31. The van der Waals surface area contributed by atoms with Gasteiger partial charge in [-0.2, -0.15) is 0 Å². The minimum atomic E-state index is -3.64. The molecule has 0 bridgehead atoms. The lowest BCUT2D eigenvalue weighted by molar-refractivity contribution is -0.122. The van der Waals surface area contributed by atoms with Gasteiger partial charge in [-0.3, -0.25) is 9.10 Å². The highest BCUT2D eigenvalue weighted by Gasteiger charge is 2.32. The molecule has 0 aliphatic heterocycles. The van der Waals surface area contributed by atoms with Gasteiger partial charge in [0.15, 0.2) is 0 Å². The summed E-state index contributed by atoms with van der Waals surface area (Å²) in [6.07, 6.45) is 6.17. The van der Waals surface area contributed by atoms with Gasteiger partial charge in [0.05, 0.1) is 18.0 Å². The SMILES string of the molecule is CC[C@H](C(=O)N[C@H](C)c1ccc2c(c1)CCCC2)N(c1ccc(C)c(C)c1)S(C)(=O)=O. The van der Waals surface area contributed by atoms with Crippen LogP contribution in [-0.2, 0) is 27.7 Å². The maximum Gasteiger partial charge on any atom is 0.244 e. The Morgan fingerprint density at radius 2 is 1.71 bits per heavy atom. The fraction of sp³-hybridized carbons (Fsp3) is 0.480. The number of benzene rings is 2. The zero-order valence-electron chi connectivity index (χ0n) is 19.2. The van der Waals surface area contributed by atoms with Crippen molar-refractivity contribution in [3.8, 4) is 0 Å². The standard InChI is InChI=1S/C25H34N2O3S/c1-6-24(27(31(5,29)30)23-14-11-17(2)18(3)15-23)25(28)26-19(4)21-13-12-20-9-7-8-10-22(20)16-21/h11-16,19,24H,6-10H2,1-5H3,(H,26,28)/t19-,24-/m1/s1. The van der Waals surface area contributed by atoms with Crippen LogP contribution in [0.15, 0.2) is 36.4 Å². The smallest absolute Gasteiger partial charge is 0.244 e. The summed E-state index contributed by atoms with van der Waals surface area (Å²) in [6.45, 7) is 7.72. The molecule has 168 valence electrons. The highest BCUT2D eigenvalue weighted by Crippen LogP contribution is 2.27. The number of aryl methyl sites for hydroxylation is 4. The number of hydrogen-bond donors (Lipinski definition) is 1. The monoisotopic (exact) mass is 442 g/mol. The van der Waals surface area contributed by atoms with E-state index in [1.54, 1.807) is 6.07 Å². The molecule has 1 amide bonds. The Morgan fingerprint density at radius 3 is 2.32 bits per heavy atom. The second-order valence-electron chi connectivity index (χ2n) is 8.72. The molecule has 2 aromatic rings. The number of sulfonamides is 1. The lowest BCUT2D eigenvalue weighted by Gasteiger charge is -2.31. The zero-order chi connectivity index (χ0) is 22.8. The third kappa shape index (κ3) is 5.29. The Balaban J connectivity index is 1.85. The molecule has 1 N–H and O–H groups in total. The van der Waals surface area contributed by atoms with Crippen molar-refractivity contribution < 1.29 is 13.2 Å². The predicted octanol–water partition coefficient (Wildman–Crippen LogP) is 4.60. The normalized spacial score (nSPS) is 15.6.